The molecule has 0 aliphatic heterocycles. The normalized spacial score (nSPS) is 10.8. The van der Waals surface area contributed by atoms with Crippen LogP contribution in [0.1, 0.15) is 26.3 Å². The van der Waals surface area contributed by atoms with Gasteiger partial charge in [0.25, 0.3) is 0 Å². The minimum absolute atomic E-state index is 0.0149. The van der Waals surface area contributed by atoms with Crippen molar-refractivity contribution in [3.63, 3.8) is 0 Å². The number of esters is 2. The van der Waals surface area contributed by atoms with E-state index in [0.717, 1.165) is 0 Å². The van der Waals surface area contributed by atoms with Crippen LogP contribution in [0.2, 0.25) is 0 Å². The predicted octanol–water partition coefficient (Wildman–Crippen LogP) is 5.51. The molecule has 4 aromatic carbocycles. The highest BCUT2D eigenvalue weighted by Gasteiger charge is 2.21. The largest absolute Gasteiger partial charge is 0.452 e. The van der Waals surface area contributed by atoms with Gasteiger partial charge in [-0.05, 0) is 85.8 Å². The Bertz CT molecular complexity index is 1780. The molecule has 8 nitrogen and oxygen atoms in total. The zero-order chi connectivity index (χ0) is 27.7. The first-order chi connectivity index (χ1) is 18.7. The molecular formula is C30H21FN2O6. The second-order valence-corrected chi connectivity index (χ2v) is 8.71. The fourth-order valence-electron chi connectivity index (χ4n) is 3.91. The quantitative estimate of drug-likeness (QED) is 0.175. The monoisotopic (exact) mass is 524 g/mol. The van der Waals surface area contributed by atoms with E-state index in [1.54, 1.807) is 19.1 Å². The molecule has 39 heavy (non-hydrogen) atoms. The van der Waals surface area contributed by atoms with Gasteiger partial charge in [0.05, 0.1) is 16.5 Å². The summed E-state index contributed by atoms with van der Waals surface area (Å²) in [5.41, 5.74) is 12.9. The number of hydrogen-bond acceptors (Lipinski definition) is 8. The molecule has 5 aromatic rings. The van der Waals surface area contributed by atoms with E-state index < -0.39 is 23.2 Å². The van der Waals surface area contributed by atoms with E-state index in [4.69, 9.17) is 25.4 Å². The van der Waals surface area contributed by atoms with Crippen LogP contribution in [0, 0.1) is 12.7 Å². The van der Waals surface area contributed by atoms with Gasteiger partial charge in [0, 0.05) is 28.6 Å². The second-order valence-electron chi connectivity index (χ2n) is 8.71. The van der Waals surface area contributed by atoms with E-state index >= 15 is 0 Å². The van der Waals surface area contributed by atoms with Crippen molar-refractivity contribution in [1.82, 2.24) is 0 Å². The molecule has 0 atom stereocenters. The number of benzene rings is 4. The summed E-state index contributed by atoms with van der Waals surface area (Å²) in [4.78, 5) is 39.1. The Kier molecular flexibility index (Phi) is 6.56. The molecule has 0 fully saturated rings. The number of nitrogen functional groups attached to an aromatic ring is 2. The van der Waals surface area contributed by atoms with Gasteiger partial charge in [0.15, 0.2) is 16.8 Å². The van der Waals surface area contributed by atoms with E-state index in [-0.39, 0.29) is 44.9 Å². The first-order valence-corrected chi connectivity index (χ1v) is 11.7. The van der Waals surface area contributed by atoms with Crippen LogP contribution in [0.3, 0.4) is 0 Å². The molecule has 4 N–H and O–H groups in total. The lowest BCUT2D eigenvalue weighted by Gasteiger charge is -2.13. The number of carbonyl (C=O) groups excluding carboxylic acids is 2. The number of rotatable bonds is 5. The average molecular weight is 525 g/mol. The van der Waals surface area contributed by atoms with Crippen molar-refractivity contribution >= 4 is 34.3 Å². The minimum atomic E-state index is -0.759. The van der Waals surface area contributed by atoms with Crippen molar-refractivity contribution in [2.24, 2.45) is 0 Å². The van der Waals surface area contributed by atoms with Gasteiger partial charge < -0.3 is 25.4 Å². The van der Waals surface area contributed by atoms with E-state index in [1.165, 1.54) is 72.8 Å². The molecule has 0 aliphatic rings. The summed E-state index contributed by atoms with van der Waals surface area (Å²) in [7, 11) is 0. The first-order valence-electron chi connectivity index (χ1n) is 11.7. The number of nitrogens with two attached hydrogens (primary N) is 2. The Hall–Kier alpha value is -5.44. The van der Waals surface area contributed by atoms with Gasteiger partial charge >= 0.3 is 11.9 Å². The number of anilines is 2. The molecule has 0 unspecified atom stereocenters. The van der Waals surface area contributed by atoms with Crippen LogP contribution in [0.4, 0.5) is 15.8 Å². The molecule has 1 aromatic heterocycles. The molecule has 0 radical (unpaired) electrons. The van der Waals surface area contributed by atoms with E-state index in [2.05, 4.69) is 0 Å². The molecular weight excluding hydrogens is 503 g/mol. The predicted molar refractivity (Wildman–Crippen MR) is 144 cm³/mol. The highest BCUT2D eigenvalue weighted by Crippen LogP contribution is 2.35. The fraction of sp³-hybridized carbons (Fsp3) is 0.0333. The maximum absolute atomic E-state index is 13.5. The molecule has 194 valence electrons. The zero-order valence-electron chi connectivity index (χ0n) is 20.6. The van der Waals surface area contributed by atoms with Gasteiger partial charge in [-0.2, -0.15) is 0 Å². The minimum Gasteiger partial charge on any atom is -0.452 e. The van der Waals surface area contributed by atoms with Gasteiger partial charge in [-0.25, -0.2) is 14.0 Å². The molecule has 5 rings (SSSR count). The van der Waals surface area contributed by atoms with E-state index in [0.29, 0.717) is 16.9 Å². The Morgan fingerprint density at radius 3 is 1.87 bits per heavy atom. The van der Waals surface area contributed by atoms with Crippen molar-refractivity contribution in [2.75, 3.05) is 11.5 Å². The Balaban J connectivity index is 1.63. The van der Waals surface area contributed by atoms with Gasteiger partial charge in [0.1, 0.15) is 17.3 Å². The highest BCUT2D eigenvalue weighted by atomic mass is 19.1. The molecule has 0 saturated carbocycles. The summed E-state index contributed by atoms with van der Waals surface area (Å²) < 4.78 is 30.7. The molecule has 1 heterocycles. The fourth-order valence-corrected chi connectivity index (χ4v) is 3.91. The number of hydrogen-bond donors (Lipinski definition) is 2. The number of fused-ring (bicyclic) bond motifs is 1. The summed E-state index contributed by atoms with van der Waals surface area (Å²) in [5.74, 6) is -1.96. The van der Waals surface area contributed by atoms with Crippen molar-refractivity contribution in [3.8, 4) is 22.8 Å². The third kappa shape index (κ3) is 5.19. The third-order valence-corrected chi connectivity index (χ3v) is 5.97. The van der Waals surface area contributed by atoms with Crippen molar-refractivity contribution < 1.29 is 27.9 Å². The smallest absolute Gasteiger partial charge is 0.343 e. The number of ether oxygens (including phenoxy) is 2. The van der Waals surface area contributed by atoms with Crippen molar-refractivity contribution in [2.45, 2.75) is 6.92 Å². The number of carbonyl (C=O) groups is 2. The second kappa shape index (κ2) is 10.1. The van der Waals surface area contributed by atoms with E-state index in [9.17, 15) is 18.8 Å². The lowest BCUT2D eigenvalue weighted by Crippen LogP contribution is -2.13. The van der Waals surface area contributed by atoms with Crippen LogP contribution in [0.15, 0.2) is 94.1 Å². The van der Waals surface area contributed by atoms with Gasteiger partial charge in [-0.15, -0.1) is 0 Å². The Labute approximate surface area is 221 Å². The third-order valence-electron chi connectivity index (χ3n) is 5.97. The van der Waals surface area contributed by atoms with Crippen LogP contribution in [0.5, 0.6) is 11.5 Å². The first kappa shape index (κ1) is 25.2. The maximum Gasteiger partial charge on any atom is 0.343 e. The molecule has 0 amide bonds. The summed E-state index contributed by atoms with van der Waals surface area (Å²) in [6.45, 7) is 1.55. The average Bonchev–Trinajstić information content (AvgIpc) is 2.92. The molecule has 9 heteroatoms. The molecule has 0 aliphatic carbocycles. The number of halogens is 1. The maximum atomic E-state index is 13.5. The topological polar surface area (TPSA) is 135 Å². The van der Waals surface area contributed by atoms with Gasteiger partial charge in [0.2, 0.25) is 0 Å². The molecule has 0 bridgehead atoms. The standard InChI is InChI=1S/C30H21FN2O6/c1-16-26(34)24-14-23(37-29(35)18-4-10-21(32)11-5-18)15-25(38-30(36)19-6-12-22(33)13-7-19)28(24)39-27(16)17-2-8-20(31)9-3-17/h2-15H,32-33H2,1H3. The van der Waals surface area contributed by atoms with Crippen LogP contribution < -0.4 is 26.4 Å². The molecule has 0 saturated heterocycles. The van der Waals surface area contributed by atoms with Crippen LogP contribution in [-0.4, -0.2) is 11.9 Å². The van der Waals surface area contributed by atoms with Gasteiger partial charge in [-0.3, -0.25) is 4.79 Å². The van der Waals surface area contributed by atoms with Crippen LogP contribution in [0.25, 0.3) is 22.3 Å². The Morgan fingerprint density at radius 2 is 1.31 bits per heavy atom. The van der Waals surface area contributed by atoms with E-state index in [1.807, 2.05) is 0 Å². The zero-order valence-corrected chi connectivity index (χ0v) is 20.6. The summed E-state index contributed by atoms with van der Waals surface area (Å²) >= 11 is 0. The summed E-state index contributed by atoms with van der Waals surface area (Å²) in [6.07, 6.45) is 0. The lowest BCUT2D eigenvalue weighted by molar-refractivity contribution is 0.0733. The van der Waals surface area contributed by atoms with Crippen LogP contribution >= 0.6 is 0 Å². The highest BCUT2D eigenvalue weighted by molar-refractivity contribution is 5.96. The molecule has 0 spiro atoms. The van der Waals surface area contributed by atoms with Crippen molar-refractivity contribution in [3.05, 3.63) is 118 Å². The lowest BCUT2D eigenvalue weighted by atomic mass is 10.1. The summed E-state index contributed by atoms with van der Waals surface area (Å²) in [6, 6.07) is 20.1. The van der Waals surface area contributed by atoms with Crippen molar-refractivity contribution in [1.29, 1.82) is 0 Å². The SMILES string of the molecule is Cc1c(-c2ccc(F)cc2)oc2c(OC(=O)c3ccc(N)cc3)cc(OC(=O)c3ccc(N)cc3)cc2c1=O. The van der Waals surface area contributed by atoms with Crippen LogP contribution in [-0.2, 0) is 0 Å². The van der Waals surface area contributed by atoms with Gasteiger partial charge in [-0.1, -0.05) is 0 Å². The Morgan fingerprint density at radius 1 is 0.769 bits per heavy atom. The summed E-state index contributed by atoms with van der Waals surface area (Å²) in [5, 5.41) is 0.0149.